The lowest BCUT2D eigenvalue weighted by atomic mass is 9.87. The van der Waals surface area contributed by atoms with Gasteiger partial charge in [-0.05, 0) is 63.1 Å². The van der Waals surface area contributed by atoms with E-state index >= 15 is 0 Å². The van der Waals surface area contributed by atoms with Gasteiger partial charge in [-0.15, -0.1) is 0 Å². The first-order valence-electron chi connectivity index (χ1n) is 12.9. The normalized spacial score (nSPS) is 17.5. The van der Waals surface area contributed by atoms with Crippen LogP contribution >= 0.6 is 0 Å². The van der Waals surface area contributed by atoms with Gasteiger partial charge in [0.25, 0.3) is 5.96 Å². The van der Waals surface area contributed by atoms with Crippen molar-refractivity contribution in [3.8, 4) is 0 Å². The highest BCUT2D eigenvalue weighted by molar-refractivity contribution is 5.93. The number of carbonyl (C=O) groups excluding carboxylic acids is 3. The molecule has 3 amide bonds. The van der Waals surface area contributed by atoms with Crippen molar-refractivity contribution in [3.05, 3.63) is 45.5 Å². The molecule has 1 aliphatic carbocycles. The number of aryl methyl sites for hydroxylation is 1. The van der Waals surface area contributed by atoms with E-state index in [0.717, 1.165) is 24.8 Å². The van der Waals surface area contributed by atoms with Gasteiger partial charge in [-0.1, -0.05) is 43.5 Å². The van der Waals surface area contributed by atoms with Crippen LogP contribution in [-0.2, 0) is 20.8 Å². The zero-order valence-corrected chi connectivity index (χ0v) is 22.5. The molecule has 0 saturated carbocycles. The number of carbonyl (C=O) groups is 3. The number of fused-ring (bicyclic) bond motifs is 1. The van der Waals surface area contributed by atoms with Crippen molar-refractivity contribution in [1.29, 1.82) is 0 Å². The monoisotopic (exact) mass is 532 g/mol. The van der Waals surface area contributed by atoms with Gasteiger partial charge in [0.1, 0.15) is 12.1 Å². The number of likely N-dealkylation sites (N-methyl/N-ethyl adjacent to an activating group) is 1. The van der Waals surface area contributed by atoms with Crippen LogP contribution in [0.2, 0.25) is 0 Å². The van der Waals surface area contributed by atoms with Crippen LogP contribution in [0.15, 0.2) is 29.3 Å². The second kappa shape index (κ2) is 14.9. The van der Waals surface area contributed by atoms with Crippen molar-refractivity contribution in [1.82, 2.24) is 26.7 Å². The van der Waals surface area contributed by atoms with E-state index in [2.05, 4.69) is 32.3 Å². The molecule has 13 heteroatoms. The molecule has 1 aromatic rings. The predicted molar refractivity (Wildman–Crippen MR) is 143 cm³/mol. The average Bonchev–Trinajstić information content (AvgIpc) is 2.87. The Morgan fingerprint density at radius 2 is 1.84 bits per heavy atom. The Morgan fingerprint density at radius 3 is 2.50 bits per heavy atom. The topological polar surface area (TPSA) is 193 Å². The Labute approximate surface area is 222 Å². The SMILES string of the molecule is CN[C@@H](C)C(=O)N[C@H](C(=O)N[C@@H](CCCN=C(N)N[N+](=O)[O-])C(=O)N[C@@H]1CCCc2ccccc21)C(C)C. The number of hydrogen-bond acceptors (Lipinski definition) is 7. The van der Waals surface area contributed by atoms with Gasteiger partial charge in [0.2, 0.25) is 17.7 Å². The summed E-state index contributed by atoms with van der Waals surface area (Å²) in [4.78, 5) is 53.5. The number of nitro groups is 1. The van der Waals surface area contributed by atoms with Crippen LogP contribution in [0.3, 0.4) is 0 Å². The van der Waals surface area contributed by atoms with Crippen LogP contribution in [0.5, 0.6) is 0 Å². The quantitative estimate of drug-likeness (QED) is 0.0686. The highest BCUT2D eigenvalue weighted by Crippen LogP contribution is 2.29. The number of nitrogens with one attached hydrogen (secondary N) is 5. The fraction of sp³-hybridized carbons (Fsp3) is 0.600. The van der Waals surface area contributed by atoms with Crippen molar-refractivity contribution >= 4 is 23.7 Å². The zero-order valence-electron chi connectivity index (χ0n) is 22.5. The van der Waals surface area contributed by atoms with E-state index in [1.54, 1.807) is 19.4 Å². The van der Waals surface area contributed by atoms with Crippen LogP contribution in [0.25, 0.3) is 0 Å². The fourth-order valence-corrected chi connectivity index (χ4v) is 4.27. The second-order valence-corrected chi connectivity index (χ2v) is 9.73. The van der Waals surface area contributed by atoms with E-state index in [9.17, 15) is 24.5 Å². The zero-order chi connectivity index (χ0) is 28.2. The molecule has 2 rings (SSSR count). The van der Waals surface area contributed by atoms with Crippen molar-refractivity contribution in [2.45, 2.75) is 77.0 Å². The van der Waals surface area contributed by atoms with Crippen LogP contribution in [0.4, 0.5) is 0 Å². The molecule has 0 aromatic heterocycles. The summed E-state index contributed by atoms with van der Waals surface area (Å²) >= 11 is 0. The summed E-state index contributed by atoms with van der Waals surface area (Å²) in [6.45, 7) is 5.41. The van der Waals surface area contributed by atoms with Crippen LogP contribution < -0.4 is 32.4 Å². The standard InChI is InChI=1S/C25H40N8O5/c1-15(2)21(31-22(34)16(3)27-4)24(36)30-20(13-8-14-28-25(26)32-33(37)38)23(35)29-19-12-7-10-17-9-5-6-11-18(17)19/h5-6,9,11,15-16,19-21,27H,7-8,10,12-14H2,1-4H3,(H,29,35)(H,30,36)(H,31,34)(H3,26,28,32)/t16-,19+,20-,21-/m0/s1. The Kier molecular flexibility index (Phi) is 11.9. The molecule has 0 radical (unpaired) electrons. The smallest absolute Gasteiger partial charge is 0.251 e. The Hall–Kier alpha value is -3.74. The fourth-order valence-electron chi connectivity index (χ4n) is 4.27. The van der Waals surface area contributed by atoms with Gasteiger partial charge in [0.05, 0.1) is 12.1 Å². The summed E-state index contributed by atoms with van der Waals surface area (Å²) in [5.74, 6) is -1.73. The number of amides is 3. The summed E-state index contributed by atoms with van der Waals surface area (Å²) < 4.78 is 0. The lowest BCUT2D eigenvalue weighted by Crippen LogP contribution is -2.57. The van der Waals surface area contributed by atoms with E-state index in [0.29, 0.717) is 6.42 Å². The molecule has 0 heterocycles. The van der Waals surface area contributed by atoms with Crippen molar-refractivity contribution in [2.24, 2.45) is 16.6 Å². The van der Waals surface area contributed by atoms with Gasteiger partial charge in [-0.25, -0.2) is 15.1 Å². The molecule has 1 aromatic carbocycles. The van der Waals surface area contributed by atoms with E-state index in [1.807, 2.05) is 32.0 Å². The maximum absolute atomic E-state index is 13.4. The van der Waals surface area contributed by atoms with E-state index in [1.165, 1.54) is 5.56 Å². The molecule has 38 heavy (non-hydrogen) atoms. The van der Waals surface area contributed by atoms with Crippen LogP contribution in [0.1, 0.15) is 63.6 Å². The van der Waals surface area contributed by atoms with E-state index < -0.39 is 29.1 Å². The van der Waals surface area contributed by atoms with Crippen molar-refractivity contribution in [3.63, 3.8) is 0 Å². The molecule has 0 saturated heterocycles. The van der Waals surface area contributed by atoms with Gasteiger partial charge >= 0.3 is 0 Å². The second-order valence-electron chi connectivity index (χ2n) is 9.73. The minimum absolute atomic E-state index is 0.114. The molecule has 1 aliphatic rings. The summed E-state index contributed by atoms with van der Waals surface area (Å²) in [6, 6.07) is 5.54. The number of hydrazine groups is 1. The van der Waals surface area contributed by atoms with Gasteiger partial charge < -0.3 is 27.0 Å². The number of guanidine groups is 1. The first-order chi connectivity index (χ1) is 18.0. The molecule has 0 unspecified atom stereocenters. The average molecular weight is 533 g/mol. The molecular weight excluding hydrogens is 492 g/mol. The predicted octanol–water partition coefficient (Wildman–Crippen LogP) is 0.290. The number of benzene rings is 1. The number of hydrogen-bond donors (Lipinski definition) is 6. The third-order valence-corrected chi connectivity index (χ3v) is 6.53. The largest absolute Gasteiger partial charge is 0.365 e. The van der Waals surface area contributed by atoms with Crippen molar-refractivity contribution in [2.75, 3.05) is 13.6 Å². The molecule has 0 bridgehead atoms. The molecule has 4 atom stereocenters. The molecule has 0 fully saturated rings. The molecule has 13 nitrogen and oxygen atoms in total. The Morgan fingerprint density at radius 1 is 1.13 bits per heavy atom. The molecule has 7 N–H and O–H groups in total. The van der Waals surface area contributed by atoms with Gasteiger partial charge in [0, 0.05) is 6.54 Å². The van der Waals surface area contributed by atoms with E-state index in [4.69, 9.17) is 5.73 Å². The maximum atomic E-state index is 13.4. The van der Waals surface area contributed by atoms with Crippen LogP contribution in [0, 0.1) is 16.0 Å². The summed E-state index contributed by atoms with van der Waals surface area (Å²) in [7, 11) is 1.65. The first-order valence-corrected chi connectivity index (χ1v) is 12.9. The third kappa shape index (κ3) is 9.29. The minimum Gasteiger partial charge on any atom is -0.365 e. The van der Waals surface area contributed by atoms with E-state index in [-0.39, 0.29) is 42.7 Å². The maximum Gasteiger partial charge on any atom is 0.251 e. The summed E-state index contributed by atoms with van der Waals surface area (Å²) in [5.41, 5.74) is 9.48. The van der Waals surface area contributed by atoms with Crippen molar-refractivity contribution < 1.29 is 19.4 Å². The molecule has 0 aliphatic heterocycles. The minimum atomic E-state index is -0.906. The lowest BCUT2D eigenvalue weighted by molar-refractivity contribution is -0.525. The molecular formula is C25H40N8O5. The highest BCUT2D eigenvalue weighted by atomic mass is 16.7. The third-order valence-electron chi connectivity index (χ3n) is 6.53. The highest BCUT2D eigenvalue weighted by Gasteiger charge is 2.31. The molecule has 0 spiro atoms. The van der Waals surface area contributed by atoms with Gasteiger partial charge in [0.15, 0.2) is 5.03 Å². The number of rotatable bonds is 13. The first kappa shape index (κ1) is 30.5. The van der Waals surface area contributed by atoms with Crippen LogP contribution in [-0.4, -0.2) is 60.4 Å². The Balaban J connectivity index is 2.15. The van der Waals surface area contributed by atoms with Gasteiger partial charge in [-0.3, -0.25) is 14.4 Å². The Bertz CT molecular complexity index is 1020. The van der Waals surface area contributed by atoms with Gasteiger partial charge in [-0.2, -0.15) is 0 Å². The number of aliphatic imine (C=N–C) groups is 1. The number of nitrogens with two attached hydrogens (primary N) is 1. The number of nitrogens with zero attached hydrogens (tertiary/aromatic N) is 2. The summed E-state index contributed by atoms with van der Waals surface area (Å²) in [6.07, 6.45) is 3.20. The summed E-state index contributed by atoms with van der Waals surface area (Å²) in [5, 5.41) is 21.2. The molecule has 210 valence electrons. The lowest BCUT2D eigenvalue weighted by Gasteiger charge is -2.30.